The second kappa shape index (κ2) is 6.01. The molecule has 1 N–H and O–H groups in total. The van der Waals surface area contributed by atoms with Gasteiger partial charge in [0.1, 0.15) is 5.82 Å². The third-order valence-electron chi connectivity index (χ3n) is 1.90. The number of nitrogens with one attached hydrogen (secondary N) is 1. The van der Waals surface area contributed by atoms with Crippen molar-refractivity contribution in [1.82, 2.24) is 9.97 Å². The summed E-state index contributed by atoms with van der Waals surface area (Å²) in [6, 6.07) is 1.88. The predicted molar refractivity (Wildman–Crippen MR) is 64.3 cm³/mol. The number of nitrogens with zero attached hydrogens (tertiary/aromatic N) is 3. The van der Waals surface area contributed by atoms with Gasteiger partial charge in [-0.25, -0.2) is 4.98 Å². The number of hydrogen-bond acceptors (Lipinski definition) is 4. The van der Waals surface area contributed by atoms with E-state index in [4.69, 9.17) is 0 Å². The van der Waals surface area contributed by atoms with Crippen LogP contribution in [0, 0.1) is 0 Å². The molecule has 0 spiro atoms. The molecule has 1 aromatic rings. The van der Waals surface area contributed by atoms with Crippen LogP contribution in [0.15, 0.2) is 24.4 Å². The molecule has 0 amide bonds. The highest BCUT2D eigenvalue weighted by Gasteiger charge is 1.99. The number of rotatable bonds is 5. The molecule has 1 rings (SSSR count). The Morgan fingerprint density at radius 1 is 1.47 bits per heavy atom. The lowest BCUT2D eigenvalue weighted by Crippen LogP contribution is -2.13. The third-order valence-corrected chi connectivity index (χ3v) is 1.90. The summed E-state index contributed by atoms with van der Waals surface area (Å²) >= 11 is 0. The molecule has 0 saturated carbocycles. The second-order valence-corrected chi connectivity index (χ2v) is 3.42. The van der Waals surface area contributed by atoms with Crippen molar-refractivity contribution in [3.8, 4) is 0 Å². The van der Waals surface area contributed by atoms with Gasteiger partial charge in [0.15, 0.2) is 0 Å². The van der Waals surface area contributed by atoms with Crippen molar-refractivity contribution >= 4 is 11.8 Å². The minimum absolute atomic E-state index is 0.728. The molecular formula is C11H18N4. The maximum atomic E-state index is 4.35. The van der Waals surface area contributed by atoms with E-state index in [0.717, 1.165) is 24.7 Å². The molecule has 4 nitrogen and oxygen atoms in total. The topological polar surface area (TPSA) is 41.1 Å². The molecule has 0 radical (unpaired) electrons. The van der Waals surface area contributed by atoms with Gasteiger partial charge in [0.05, 0.1) is 0 Å². The first-order valence-corrected chi connectivity index (χ1v) is 5.09. The van der Waals surface area contributed by atoms with Crippen molar-refractivity contribution in [2.45, 2.75) is 13.3 Å². The molecule has 0 fully saturated rings. The van der Waals surface area contributed by atoms with Crippen molar-refractivity contribution in [1.29, 1.82) is 0 Å². The van der Waals surface area contributed by atoms with Gasteiger partial charge in [0.2, 0.25) is 5.95 Å². The summed E-state index contributed by atoms with van der Waals surface area (Å²) in [5.74, 6) is 1.60. The molecule has 82 valence electrons. The van der Waals surface area contributed by atoms with E-state index in [-0.39, 0.29) is 0 Å². The highest BCUT2D eigenvalue weighted by molar-refractivity contribution is 5.40. The van der Waals surface area contributed by atoms with Crippen molar-refractivity contribution in [2.24, 2.45) is 0 Å². The highest BCUT2D eigenvalue weighted by atomic mass is 15.2. The van der Waals surface area contributed by atoms with Gasteiger partial charge in [-0.05, 0) is 19.4 Å². The molecule has 0 unspecified atom stereocenters. The monoisotopic (exact) mass is 206 g/mol. The zero-order valence-corrected chi connectivity index (χ0v) is 9.57. The largest absolute Gasteiger partial charge is 0.370 e. The fourth-order valence-corrected chi connectivity index (χ4v) is 1.11. The molecule has 15 heavy (non-hydrogen) atoms. The van der Waals surface area contributed by atoms with Crippen LogP contribution in [0.2, 0.25) is 0 Å². The highest BCUT2D eigenvalue weighted by Crippen LogP contribution is 2.07. The lowest BCUT2D eigenvalue weighted by atomic mass is 10.4. The predicted octanol–water partition coefficient (Wildman–Crippen LogP) is 1.92. The van der Waals surface area contributed by atoms with Crippen LogP contribution in [0.3, 0.4) is 0 Å². The van der Waals surface area contributed by atoms with Crippen LogP contribution in [0.5, 0.6) is 0 Å². The molecule has 4 heteroatoms. The summed E-state index contributed by atoms with van der Waals surface area (Å²) in [5, 5.41) is 3.25. The Morgan fingerprint density at radius 2 is 2.27 bits per heavy atom. The van der Waals surface area contributed by atoms with E-state index in [1.807, 2.05) is 38.1 Å². The van der Waals surface area contributed by atoms with Crippen LogP contribution in [0.25, 0.3) is 0 Å². The normalized spacial score (nSPS) is 10.6. The summed E-state index contributed by atoms with van der Waals surface area (Å²) in [6.45, 7) is 2.92. The third kappa shape index (κ3) is 3.97. The molecule has 0 saturated heterocycles. The molecular weight excluding hydrogens is 188 g/mol. The molecule has 0 atom stereocenters. The Labute approximate surface area is 91.0 Å². The maximum absolute atomic E-state index is 4.35. The molecule has 0 aromatic carbocycles. The summed E-state index contributed by atoms with van der Waals surface area (Å²) in [4.78, 5) is 10.4. The Balaban J connectivity index is 2.50. The second-order valence-electron chi connectivity index (χ2n) is 3.42. The van der Waals surface area contributed by atoms with Crippen LogP contribution in [0.1, 0.15) is 13.3 Å². The minimum Gasteiger partial charge on any atom is -0.370 e. The standard InChI is InChI=1S/C11H18N4/c1-4-5-6-8-12-10-7-9-13-11(14-10)15(2)3/h4-5,7,9H,6,8H2,1-3H3,(H,12,13,14)/b5-4+. The van der Waals surface area contributed by atoms with Gasteiger partial charge in [0.25, 0.3) is 0 Å². The van der Waals surface area contributed by atoms with Crippen LogP contribution >= 0.6 is 0 Å². The lowest BCUT2D eigenvalue weighted by Gasteiger charge is -2.11. The van der Waals surface area contributed by atoms with E-state index in [9.17, 15) is 0 Å². The van der Waals surface area contributed by atoms with Crippen molar-refractivity contribution in [3.05, 3.63) is 24.4 Å². The zero-order chi connectivity index (χ0) is 11.1. The van der Waals surface area contributed by atoms with E-state index in [1.54, 1.807) is 6.20 Å². The van der Waals surface area contributed by atoms with Crippen molar-refractivity contribution < 1.29 is 0 Å². The van der Waals surface area contributed by atoms with Gasteiger partial charge in [-0.2, -0.15) is 4.98 Å². The Hall–Kier alpha value is -1.58. The van der Waals surface area contributed by atoms with E-state index >= 15 is 0 Å². The fourth-order valence-electron chi connectivity index (χ4n) is 1.11. The first-order valence-electron chi connectivity index (χ1n) is 5.09. The van der Waals surface area contributed by atoms with E-state index in [0.29, 0.717) is 0 Å². The van der Waals surface area contributed by atoms with E-state index < -0.39 is 0 Å². The summed E-state index contributed by atoms with van der Waals surface area (Å²) < 4.78 is 0. The first kappa shape index (κ1) is 11.5. The number of allylic oxidation sites excluding steroid dienone is 1. The van der Waals surface area contributed by atoms with Crippen molar-refractivity contribution in [2.75, 3.05) is 30.9 Å². The van der Waals surface area contributed by atoms with Crippen LogP contribution in [0.4, 0.5) is 11.8 Å². The summed E-state index contributed by atoms with van der Waals surface area (Å²) in [5.41, 5.74) is 0. The summed E-state index contributed by atoms with van der Waals surface area (Å²) in [7, 11) is 3.86. The van der Waals surface area contributed by atoms with Crippen LogP contribution in [-0.2, 0) is 0 Å². The number of anilines is 2. The fraction of sp³-hybridized carbons (Fsp3) is 0.455. The quantitative estimate of drug-likeness (QED) is 0.590. The van der Waals surface area contributed by atoms with Gasteiger partial charge in [0, 0.05) is 26.8 Å². The molecule has 1 aromatic heterocycles. The average molecular weight is 206 g/mol. The van der Waals surface area contributed by atoms with Crippen molar-refractivity contribution in [3.63, 3.8) is 0 Å². The van der Waals surface area contributed by atoms with Crippen LogP contribution < -0.4 is 10.2 Å². The first-order chi connectivity index (χ1) is 7.24. The maximum Gasteiger partial charge on any atom is 0.226 e. The smallest absolute Gasteiger partial charge is 0.226 e. The van der Waals surface area contributed by atoms with Gasteiger partial charge in [-0.15, -0.1) is 0 Å². The van der Waals surface area contributed by atoms with Gasteiger partial charge in [-0.3, -0.25) is 0 Å². The van der Waals surface area contributed by atoms with E-state index in [2.05, 4.69) is 21.4 Å². The Bertz CT molecular complexity index is 320. The van der Waals surface area contributed by atoms with Gasteiger partial charge in [-0.1, -0.05) is 12.2 Å². The lowest BCUT2D eigenvalue weighted by molar-refractivity contribution is 0.980. The zero-order valence-electron chi connectivity index (χ0n) is 9.57. The number of hydrogen-bond donors (Lipinski definition) is 1. The Morgan fingerprint density at radius 3 is 2.93 bits per heavy atom. The minimum atomic E-state index is 0.728. The molecule has 1 heterocycles. The molecule has 0 aliphatic rings. The Kier molecular flexibility index (Phi) is 4.60. The SMILES string of the molecule is C/C=C/CCNc1ccnc(N(C)C)n1. The average Bonchev–Trinajstić information content (AvgIpc) is 2.25. The van der Waals surface area contributed by atoms with E-state index in [1.165, 1.54) is 0 Å². The molecule has 0 aliphatic carbocycles. The van der Waals surface area contributed by atoms with Gasteiger partial charge >= 0.3 is 0 Å². The molecule has 0 aliphatic heterocycles. The summed E-state index contributed by atoms with van der Waals surface area (Å²) in [6.07, 6.45) is 6.95. The number of aromatic nitrogens is 2. The molecule has 0 bridgehead atoms. The van der Waals surface area contributed by atoms with Crippen LogP contribution in [-0.4, -0.2) is 30.6 Å². The van der Waals surface area contributed by atoms with Gasteiger partial charge < -0.3 is 10.2 Å².